The molecule has 4 heteroatoms. The predicted molar refractivity (Wildman–Crippen MR) is 68.8 cm³/mol. The van der Waals surface area contributed by atoms with Crippen LogP contribution >= 0.6 is 0 Å². The average Bonchev–Trinajstić information content (AvgIpc) is 2.84. The first-order valence-corrected chi connectivity index (χ1v) is 7.08. The van der Waals surface area contributed by atoms with E-state index < -0.39 is 5.54 Å². The number of hydrogen-bond acceptors (Lipinski definition) is 3. The summed E-state index contributed by atoms with van der Waals surface area (Å²) in [6.07, 6.45) is 2.31. The van der Waals surface area contributed by atoms with Crippen LogP contribution in [0.4, 0.5) is 0 Å². The summed E-state index contributed by atoms with van der Waals surface area (Å²) in [4.78, 5) is 12.5. The van der Waals surface area contributed by atoms with E-state index in [1.165, 1.54) is 6.42 Å². The molecule has 0 radical (unpaired) electrons. The lowest BCUT2D eigenvalue weighted by molar-refractivity contribution is -0.175. The first-order valence-electron chi connectivity index (χ1n) is 7.08. The lowest BCUT2D eigenvalue weighted by Gasteiger charge is -2.60. The summed E-state index contributed by atoms with van der Waals surface area (Å²) >= 11 is 0. The maximum Gasteiger partial charge on any atom is 0.241 e. The lowest BCUT2D eigenvalue weighted by Crippen LogP contribution is -2.80. The van der Waals surface area contributed by atoms with Crippen LogP contribution in [0.3, 0.4) is 0 Å². The molecule has 5 atom stereocenters. The quantitative estimate of drug-likeness (QED) is 0.784. The maximum atomic E-state index is 12.5. The number of rotatable bonds is 3. The number of fused-ring (bicyclic) bond motifs is 1. The highest BCUT2D eigenvalue weighted by Crippen LogP contribution is 2.58. The third kappa shape index (κ3) is 1.42. The summed E-state index contributed by atoms with van der Waals surface area (Å²) in [5.74, 6) is 1.65. The Balaban J connectivity index is 1.67. The maximum absolute atomic E-state index is 12.5. The second-order valence-electron chi connectivity index (χ2n) is 6.96. The van der Waals surface area contributed by atoms with E-state index in [0.29, 0.717) is 5.92 Å². The molecular weight excluding hydrogens is 228 g/mol. The molecule has 0 aromatic heterocycles. The Kier molecular flexibility index (Phi) is 2.55. The van der Waals surface area contributed by atoms with Gasteiger partial charge in [0.25, 0.3) is 0 Å². The van der Waals surface area contributed by atoms with Crippen molar-refractivity contribution >= 4 is 5.91 Å². The minimum Gasteiger partial charge on any atom is -0.377 e. The number of carbonyl (C=O) groups is 1. The van der Waals surface area contributed by atoms with Gasteiger partial charge in [-0.05, 0) is 24.7 Å². The first-order chi connectivity index (χ1) is 8.39. The molecule has 102 valence electrons. The second kappa shape index (κ2) is 3.70. The normalized spacial score (nSPS) is 48.2. The Hall–Kier alpha value is -0.610. The highest BCUT2D eigenvalue weighted by Gasteiger charge is 2.71. The molecule has 3 aliphatic rings. The van der Waals surface area contributed by atoms with Gasteiger partial charge in [0.05, 0.1) is 6.10 Å². The van der Waals surface area contributed by atoms with Crippen molar-refractivity contribution in [2.45, 2.75) is 45.3 Å². The number of amides is 1. The summed E-state index contributed by atoms with van der Waals surface area (Å²) in [6.45, 7) is 7.86. The highest BCUT2D eigenvalue weighted by molar-refractivity contribution is 5.89. The topological polar surface area (TPSA) is 64.4 Å². The summed E-state index contributed by atoms with van der Waals surface area (Å²) < 4.78 is 5.71. The van der Waals surface area contributed by atoms with Gasteiger partial charge in [-0.15, -0.1) is 0 Å². The van der Waals surface area contributed by atoms with Gasteiger partial charge >= 0.3 is 0 Å². The first kappa shape index (κ1) is 12.4. The Bertz CT molecular complexity index is 382. The molecule has 0 aromatic rings. The lowest BCUT2D eigenvalue weighted by atomic mass is 9.48. The average molecular weight is 252 g/mol. The molecule has 2 aliphatic carbocycles. The van der Waals surface area contributed by atoms with E-state index in [1.807, 2.05) is 0 Å². The molecule has 1 amide bonds. The second-order valence-corrected chi connectivity index (χ2v) is 6.96. The van der Waals surface area contributed by atoms with E-state index in [1.54, 1.807) is 0 Å². The molecule has 0 aromatic carbocycles. The van der Waals surface area contributed by atoms with Gasteiger partial charge < -0.3 is 15.8 Å². The van der Waals surface area contributed by atoms with Gasteiger partial charge in [-0.1, -0.05) is 20.8 Å². The van der Waals surface area contributed by atoms with Crippen LogP contribution in [-0.2, 0) is 9.53 Å². The fourth-order valence-electron chi connectivity index (χ4n) is 3.90. The summed E-state index contributed by atoms with van der Waals surface area (Å²) in [6, 6.07) is 0. The number of carbonyl (C=O) groups excluding carboxylic acids is 1. The van der Waals surface area contributed by atoms with Crippen LogP contribution in [0.2, 0.25) is 0 Å². The summed E-state index contributed by atoms with van der Waals surface area (Å²) in [5.41, 5.74) is 5.46. The van der Waals surface area contributed by atoms with Crippen LogP contribution in [0, 0.1) is 23.2 Å². The molecule has 0 bridgehead atoms. The Labute approximate surface area is 109 Å². The molecule has 5 unspecified atom stereocenters. The third-order valence-corrected chi connectivity index (χ3v) is 5.63. The van der Waals surface area contributed by atoms with Gasteiger partial charge in [-0.25, -0.2) is 0 Å². The Morgan fingerprint density at radius 2 is 2.17 bits per heavy atom. The van der Waals surface area contributed by atoms with Crippen molar-refractivity contribution in [3.8, 4) is 0 Å². The van der Waals surface area contributed by atoms with Crippen LogP contribution in [0.25, 0.3) is 0 Å². The largest absolute Gasteiger partial charge is 0.377 e. The van der Waals surface area contributed by atoms with E-state index in [-0.39, 0.29) is 23.3 Å². The molecular formula is C14H24N2O2. The molecule has 3 N–H and O–H groups in total. The van der Waals surface area contributed by atoms with Crippen molar-refractivity contribution in [1.82, 2.24) is 5.32 Å². The van der Waals surface area contributed by atoms with Crippen LogP contribution in [0.5, 0.6) is 0 Å². The molecule has 0 spiro atoms. The Morgan fingerprint density at radius 1 is 1.50 bits per heavy atom. The number of hydrogen-bond donors (Lipinski definition) is 2. The van der Waals surface area contributed by atoms with E-state index in [2.05, 4.69) is 26.1 Å². The predicted octanol–water partition coefficient (Wildman–Crippen LogP) is 0.901. The van der Waals surface area contributed by atoms with Crippen LogP contribution in [0.15, 0.2) is 0 Å². The van der Waals surface area contributed by atoms with Crippen LogP contribution in [0.1, 0.15) is 33.6 Å². The fraction of sp³-hybridized carbons (Fsp3) is 0.929. The van der Waals surface area contributed by atoms with Gasteiger partial charge in [-0.2, -0.15) is 0 Å². The molecule has 1 aliphatic heterocycles. The van der Waals surface area contributed by atoms with E-state index in [9.17, 15) is 4.79 Å². The highest BCUT2D eigenvalue weighted by atomic mass is 16.5. The molecule has 1 heterocycles. The zero-order valence-corrected chi connectivity index (χ0v) is 11.5. The van der Waals surface area contributed by atoms with Crippen molar-refractivity contribution in [2.24, 2.45) is 28.9 Å². The van der Waals surface area contributed by atoms with E-state index in [0.717, 1.165) is 25.5 Å². The van der Waals surface area contributed by atoms with Gasteiger partial charge in [0.2, 0.25) is 5.91 Å². The zero-order chi connectivity index (χ0) is 13.1. The minimum atomic E-state index is -0.744. The van der Waals surface area contributed by atoms with Gasteiger partial charge in [-0.3, -0.25) is 4.79 Å². The van der Waals surface area contributed by atoms with Crippen molar-refractivity contribution < 1.29 is 9.53 Å². The SMILES string of the molecule is CC1CC1CNC(=O)C1(N)C2CCOC2C1(C)C. The van der Waals surface area contributed by atoms with Crippen molar-refractivity contribution in [2.75, 3.05) is 13.2 Å². The molecule has 1 saturated heterocycles. The van der Waals surface area contributed by atoms with Crippen molar-refractivity contribution in [1.29, 1.82) is 0 Å². The molecule has 18 heavy (non-hydrogen) atoms. The molecule has 3 rings (SSSR count). The number of nitrogens with one attached hydrogen (secondary N) is 1. The monoisotopic (exact) mass is 252 g/mol. The molecule has 2 saturated carbocycles. The minimum absolute atomic E-state index is 0.0263. The molecule has 3 fully saturated rings. The molecule has 4 nitrogen and oxygen atoms in total. The zero-order valence-electron chi connectivity index (χ0n) is 11.5. The number of ether oxygens (including phenoxy) is 1. The summed E-state index contributed by atoms with van der Waals surface area (Å²) in [5, 5.41) is 3.07. The van der Waals surface area contributed by atoms with Gasteiger partial charge in [0.15, 0.2) is 0 Å². The smallest absolute Gasteiger partial charge is 0.241 e. The Morgan fingerprint density at radius 3 is 2.78 bits per heavy atom. The van der Waals surface area contributed by atoms with Crippen molar-refractivity contribution in [3.05, 3.63) is 0 Å². The van der Waals surface area contributed by atoms with Crippen LogP contribution < -0.4 is 11.1 Å². The number of nitrogens with two attached hydrogens (primary N) is 1. The summed E-state index contributed by atoms with van der Waals surface area (Å²) in [7, 11) is 0. The van der Waals surface area contributed by atoms with E-state index in [4.69, 9.17) is 10.5 Å². The van der Waals surface area contributed by atoms with Gasteiger partial charge in [0, 0.05) is 24.5 Å². The van der Waals surface area contributed by atoms with E-state index >= 15 is 0 Å². The van der Waals surface area contributed by atoms with Crippen LogP contribution in [-0.4, -0.2) is 30.7 Å². The third-order valence-electron chi connectivity index (χ3n) is 5.63. The van der Waals surface area contributed by atoms with Gasteiger partial charge in [0.1, 0.15) is 5.54 Å². The standard InChI is InChI=1S/C14H24N2O2/c1-8-6-9(8)7-16-12(17)14(15)10-4-5-18-11(10)13(14,2)3/h8-11H,4-7,15H2,1-3H3,(H,16,17). The van der Waals surface area contributed by atoms with Crippen molar-refractivity contribution in [3.63, 3.8) is 0 Å². The fourth-order valence-corrected chi connectivity index (χ4v) is 3.90.